The predicted molar refractivity (Wildman–Crippen MR) is 88.2 cm³/mol. The minimum absolute atomic E-state index is 0.266. The third-order valence-corrected chi connectivity index (χ3v) is 3.59. The monoisotopic (exact) mass is 309 g/mol. The minimum atomic E-state index is -0.583. The molecule has 5 nitrogen and oxygen atoms in total. The number of hydrogen-bond donors (Lipinski definition) is 1. The van der Waals surface area contributed by atoms with Crippen LogP contribution in [0.2, 0.25) is 0 Å². The Hall–Kier alpha value is -3.08. The van der Waals surface area contributed by atoms with Crippen LogP contribution in [0.15, 0.2) is 57.7 Å². The highest BCUT2D eigenvalue weighted by molar-refractivity contribution is 6.12. The first-order valence-electron chi connectivity index (χ1n) is 7.07. The summed E-state index contributed by atoms with van der Waals surface area (Å²) in [7, 11) is 1.52. The van der Waals surface area contributed by atoms with E-state index in [0.29, 0.717) is 22.4 Å². The number of anilines is 1. The van der Waals surface area contributed by atoms with Gasteiger partial charge in [0.2, 0.25) is 0 Å². The van der Waals surface area contributed by atoms with E-state index < -0.39 is 5.63 Å². The summed E-state index contributed by atoms with van der Waals surface area (Å²) >= 11 is 0. The molecule has 5 heteroatoms. The van der Waals surface area contributed by atoms with Crippen LogP contribution in [0.5, 0.6) is 5.75 Å². The average molecular weight is 309 g/mol. The fraction of sp³-hybridized carbons (Fsp3) is 0.111. The molecule has 0 fully saturated rings. The number of hydrogen-bond acceptors (Lipinski definition) is 4. The molecular weight excluding hydrogens is 294 g/mol. The lowest BCUT2D eigenvalue weighted by molar-refractivity contribution is 0.102. The molecule has 0 radical (unpaired) electrons. The van der Waals surface area contributed by atoms with Crippen molar-refractivity contribution in [2.45, 2.75) is 6.92 Å². The van der Waals surface area contributed by atoms with Crippen molar-refractivity contribution in [3.63, 3.8) is 0 Å². The molecule has 0 saturated heterocycles. The van der Waals surface area contributed by atoms with Crippen LogP contribution < -0.4 is 15.7 Å². The average Bonchev–Trinajstić information content (AvgIpc) is 2.55. The molecule has 2 aromatic carbocycles. The second-order valence-corrected chi connectivity index (χ2v) is 5.11. The Morgan fingerprint density at radius 1 is 1.13 bits per heavy atom. The molecule has 1 aromatic heterocycles. The van der Waals surface area contributed by atoms with Crippen molar-refractivity contribution in [3.05, 3.63) is 70.1 Å². The Morgan fingerprint density at radius 2 is 1.91 bits per heavy atom. The third-order valence-electron chi connectivity index (χ3n) is 3.59. The molecule has 1 heterocycles. The number of fused-ring (bicyclic) bond motifs is 1. The van der Waals surface area contributed by atoms with Crippen LogP contribution in [-0.2, 0) is 0 Å². The van der Waals surface area contributed by atoms with E-state index in [-0.39, 0.29) is 11.5 Å². The number of benzene rings is 2. The van der Waals surface area contributed by atoms with Crippen LogP contribution in [0.4, 0.5) is 5.69 Å². The molecule has 116 valence electrons. The quantitative estimate of drug-likeness (QED) is 0.753. The maximum atomic E-state index is 12.6. The number of aryl methyl sites for hydroxylation is 1. The minimum Gasteiger partial charge on any atom is -0.497 e. The van der Waals surface area contributed by atoms with Crippen molar-refractivity contribution < 1.29 is 13.9 Å². The van der Waals surface area contributed by atoms with E-state index in [1.165, 1.54) is 13.2 Å². The highest BCUT2D eigenvalue weighted by Gasteiger charge is 2.14. The highest BCUT2D eigenvalue weighted by Crippen LogP contribution is 2.23. The first-order chi connectivity index (χ1) is 11.1. The van der Waals surface area contributed by atoms with Gasteiger partial charge in [-0.05, 0) is 30.7 Å². The van der Waals surface area contributed by atoms with E-state index in [1.54, 1.807) is 18.2 Å². The number of methoxy groups -OCH3 is 1. The largest absolute Gasteiger partial charge is 0.497 e. The molecule has 0 spiro atoms. The maximum absolute atomic E-state index is 12.6. The molecular formula is C18H15NO4. The number of rotatable bonds is 3. The van der Waals surface area contributed by atoms with Gasteiger partial charge in [0.1, 0.15) is 11.3 Å². The van der Waals surface area contributed by atoms with Gasteiger partial charge in [-0.3, -0.25) is 4.79 Å². The van der Waals surface area contributed by atoms with Crippen molar-refractivity contribution in [2.24, 2.45) is 0 Å². The lowest BCUT2D eigenvalue weighted by Crippen LogP contribution is -2.15. The SMILES string of the molecule is COc1ccc2c(C(=O)Nc3ccccc3C)cc(=O)oc2c1. The summed E-state index contributed by atoms with van der Waals surface area (Å²) in [6.07, 6.45) is 0. The summed E-state index contributed by atoms with van der Waals surface area (Å²) in [5.41, 5.74) is 1.64. The molecule has 23 heavy (non-hydrogen) atoms. The van der Waals surface area contributed by atoms with Crippen LogP contribution in [0.1, 0.15) is 15.9 Å². The Balaban J connectivity index is 2.07. The Bertz CT molecular complexity index is 943. The molecule has 0 saturated carbocycles. The second kappa shape index (κ2) is 5.96. The molecule has 3 aromatic rings. The van der Waals surface area contributed by atoms with E-state index >= 15 is 0 Å². The predicted octanol–water partition coefficient (Wildman–Crippen LogP) is 3.36. The Morgan fingerprint density at radius 3 is 2.65 bits per heavy atom. The smallest absolute Gasteiger partial charge is 0.337 e. The number of ether oxygens (including phenoxy) is 1. The molecule has 0 aliphatic heterocycles. The first-order valence-corrected chi connectivity index (χ1v) is 7.07. The van der Waals surface area contributed by atoms with Crippen LogP contribution in [0.25, 0.3) is 11.0 Å². The molecule has 0 atom stereocenters. The van der Waals surface area contributed by atoms with Gasteiger partial charge >= 0.3 is 5.63 Å². The standard InChI is InChI=1S/C18H15NO4/c1-11-5-3-4-6-15(11)19-18(21)14-10-17(20)23-16-9-12(22-2)7-8-13(14)16/h3-10H,1-2H3,(H,19,21). The van der Waals surface area contributed by atoms with Crippen LogP contribution in [-0.4, -0.2) is 13.0 Å². The van der Waals surface area contributed by atoms with Gasteiger partial charge in [0.15, 0.2) is 0 Å². The zero-order chi connectivity index (χ0) is 16.4. The summed E-state index contributed by atoms with van der Waals surface area (Å²) in [6, 6.07) is 13.6. The fourth-order valence-corrected chi connectivity index (χ4v) is 2.36. The molecule has 0 aliphatic rings. The van der Waals surface area contributed by atoms with Crippen molar-refractivity contribution in [1.29, 1.82) is 0 Å². The van der Waals surface area contributed by atoms with Gasteiger partial charge in [-0.15, -0.1) is 0 Å². The van der Waals surface area contributed by atoms with Crippen LogP contribution in [0, 0.1) is 6.92 Å². The highest BCUT2D eigenvalue weighted by atomic mass is 16.5. The van der Waals surface area contributed by atoms with Crippen LogP contribution >= 0.6 is 0 Å². The van der Waals surface area contributed by atoms with Gasteiger partial charge in [-0.25, -0.2) is 4.79 Å². The van der Waals surface area contributed by atoms with Crippen LogP contribution in [0.3, 0.4) is 0 Å². The Labute approximate surface area is 132 Å². The Kier molecular flexibility index (Phi) is 3.85. The summed E-state index contributed by atoms with van der Waals surface area (Å²) < 4.78 is 10.3. The summed E-state index contributed by atoms with van der Waals surface area (Å²) in [4.78, 5) is 24.3. The molecule has 1 amide bonds. The second-order valence-electron chi connectivity index (χ2n) is 5.11. The van der Waals surface area contributed by atoms with E-state index in [2.05, 4.69) is 5.32 Å². The number of carbonyl (C=O) groups excluding carboxylic acids is 1. The van der Waals surface area contributed by atoms with Crippen molar-refractivity contribution in [3.8, 4) is 5.75 Å². The fourth-order valence-electron chi connectivity index (χ4n) is 2.36. The zero-order valence-corrected chi connectivity index (χ0v) is 12.8. The van der Waals surface area contributed by atoms with Crippen molar-refractivity contribution >= 4 is 22.6 Å². The molecule has 3 rings (SSSR count). The third kappa shape index (κ3) is 2.94. The molecule has 1 N–H and O–H groups in total. The summed E-state index contributed by atoms with van der Waals surface area (Å²) in [6.45, 7) is 1.90. The first kappa shape index (κ1) is 14.8. The lowest BCUT2D eigenvalue weighted by Gasteiger charge is -2.10. The van der Waals surface area contributed by atoms with Gasteiger partial charge < -0.3 is 14.5 Å². The number of para-hydroxylation sites is 1. The van der Waals surface area contributed by atoms with E-state index in [1.807, 2.05) is 31.2 Å². The van der Waals surface area contributed by atoms with Gasteiger partial charge in [-0.1, -0.05) is 18.2 Å². The molecule has 0 aliphatic carbocycles. The van der Waals surface area contributed by atoms with E-state index in [0.717, 1.165) is 5.56 Å². The van der Waals surface area contributed by atoms with E-state index in [9.17, 15) is 9.59 Å². The van der Waals surface area contributed by atoms with Gasteiger partial charge in [0, 0.05) is 23.2 Å². The lowest BCUT2D eigenvalue weighted by atomic mass is 10.1. The zero-order valence-electron chi connectivity index (χ0n) is 12.8. The normalized spacial score (nSPS) is 10.5. The molecule has 0 bridgehead atoms. The van der Waals surface area contributed by atoms with Gasteiger partial charge in [0.25, 0.3) is 5.91 Å². The van der Waals surface area contributed by atoms with Gasteiger partial charge in [-0.2, -0.15) is 0 Å². The maximum Gasteiger partial charge on any atom is 0.337 e. The van der Waals surface area contributed by atoms with Crippen molar-refractivity contribution in [1.82, 2.24) is 0 Å². The topological polar surface area (TPSA) is 68.5 Å². The van der Waals surface area contributed by atoms with Crippen molar-refractivity contribution in [2.75, 3.05) is 12.4 Å². The number of carbonyl (C=O) groups is 1. The number of amides is 1. The summed E-state index contributed by atoms with van der Waals surface area (Å²) in [5, 5.41) is 3.38. The summed E-state index contributed by atoms with van der Waals surface area (Å²) in [5.74, 6) is 0.194. The van der Waals surface area contributed by atoms with E-state index in [4.69, 9.17) is 9.15 Å². The van der Waals surface area contributed by atoms with Gasteiger partial charge in [0.05, 0.1) is 12.7 Å². The number of nitrogens with one attached hydrogen (secondary N) is 1. The molecule has 0 unspecified atom stereocenters.